The van der Waals surface area contributed by atoms with Crippen molar-refractivity contribution >= 4 is 23.8 Å². The Bertz CT molecular complexity index is 1320. The van der Waals surface area contributed by atoms with E-state index in [1.807, 2.05) is 65.1 Å². The first-order chi connectivity index (χ1) is 25.2. The van der Waals surface area contributed by atoms with Gasteiger partial charge in [0.05, 0.1) is 49.3 Å². The molecule has 2 aliphatic rings. The highest BCUT2D eigenvalue weighted by molar-refractivity contribution is 5.88. The van der Waals surface area contributed by atoms with Crippen LogP contribution in [0.2, 0.25) is 0 Å². The van der Waals surface area contributed by atoms with Crippen LogP contribution in [0.15, 0.2) is 30.3 Å². The minimum atomic E-state index is -0.754. The third kappa shape index (κ3) is 11.6. The molecule has 2 heterocycles. The number of hydrogen-bond donors (Lipinski definition) is 3. The molecule has 0 aromatic heterocycles. The first-order valence-corrected chi connectivity index (χ1v) is 19.5. The van der Waals surface area contributed by atoms with Crippen molar-refractivity contribution < 1.29 is 33.8 Å². The highest BCUT2D eigenvalue weighted by atomic mass is 16.5. The van der Waals surface area contributed by atoms with Gasteiger partial charge in [0.2, 0.25) is 17.7 Å². The van der Waals surface area contributed by atoms with Crippen LogP contribution in [0.1, 0.15) is 72.8 Å². The molecule has 2 fully saturated rings. The van der Waals surface area contributed by atoms with Crippen molar-refractivity contribution in [3.63, 3.8) is 0 Å². The number of nitrogens with zero attached hydrogens (tertiary/aromatic N) is 4. The average molecular weight is 745 g/mol. The van der Waals surface area contributed by atoms with Crippen molar-refractivity contribution in [2.24, 2.45) is 17.8 Å². The Morgan fingerprint density at radius 2 is 1.66 bits per heavy atom. The topological polar surface area (TPSA) is 144 Å². The van der Waals surface area contributed by atoms with Crippen LogP contribution in [0.25, 0.3) is 0 Å². The standard InChI is InChI=1S/C40H68N6O7/c1-11-27(4)36(44(8)39(50)35(26(2)3)42-40(51)45-21-20-43(7)24-28(45)5)33(52-9)23-34(48)46-19-15-18-32(46)37(53-10)29(6)38(49)41-31(25-47)22-30-16-13-12-14-17-30/h12-14,16-17,26-29,31-33,35-37,47H,11,15,18-25H2,1-10H3,(H,41,49)(H,42,51)/t27-,28-,29+,31-,32-,33+,35-,36-,37+/m0/s1. The maximum absolute atomic E-state index is 14.2. The summed E-state index contributed by atoms with van der Waals surface area (Å²) in [6, 6.07) is 7.49. The van der Waals surface area contributed by atoms with Gasteiger partial charge in [-0.3, -0.25) is 14.4 Å². The van der Waals surface area contributed by atoms with Gasteiger partial charge in [-0.05, 0) is 50.6 Å². The molecule has 53 heavy (non-hydrogen) atoms. The smallest absolute Gasteiger partial charge is 0.318 e. The fourth-order valence-electron chi connectivity index (χ4n) is 8.09. The van der Waals surface area contributed by atoms with Gasteiger partial charge >= 0.3 is 6.03 Å². The van der Waals surface area contributed by atoms with Gasteiger partial charge in [0.1, 0.15) is 6.04 Å². The van der Waals surface area contributed by atoms with Crippen LogP contribution < -0.4 is 10.6 Å². The van der Waals surface area contributed by atoms with Gasteiger partial charge in [-0.15, -0.1) is 0 Å². The molecule has 0 unspecified atom stereocenters. The second-order valence-corrected chi connectivity index (χ2v) is 15.6. The number of rotatable bonds is 18. The maximum Gasteiger partial charge on any atom is 0.318 e. The summed E-state index contributed by atoms with van der Waals surface area (Å²) in [5.41, 5.74) is 1.01. The number of methoxy groups -OCH3 is 2. The van der Waals surface area contributed by atoms with Crippen LogP contribution in [0.4, 0.5) is 4.79 Å². The molecule has 0 bridgehead atoms. The number of aliphatic hydroxyl groups excluding tert-OH is 1. The van der Waals surface area contributed by atoms with E-state index < -0.39 is 36.3 Å². The number of likely N-dealkylation sites (tertiary alicyclic amines) is 1. The van der Waals surface area contributed by atoms with Gasteiger partial charge < -0.3 is 44.8 Å². The molecule has 5 amide bonds. The van der Waals surface area contributed by atoms with E-state index in [9.17, 15) is 24.3 Å². The van der Waals surface area contributed by atoms with Gasteiger partial charge in [-0.2, -0.15) is 0 Å². The molecule has 1 aromatic carbocycles. The van der Waals surface area contributed by atoms with Crippen LogP contribution in [-0.2, 0) is 30.3 Å². The number of benzene rings is 1. The Hall–Kier alpha value is -3.26. The highest BCUT2D eigenvalue weighted by Gasteiger charge is 2.43. The van der Waals surface area contributed by atoms with Crippen molar-refractivity contribution in [2.45, 2.75) is 116 Å². The Kier molecular flexibility index (Phi) is 17.5. The summed E-state index contributed by atoms with van der Waals surface area (Å²) in [6.45, 7) is 14.2. The monoisotopic (exact) mass is 745 g/mol. The number of amides is 5. The molecule has 1 aromatic rings. The van der Waals surface area contributed by atoms with E-state index in [1.54, 1.807) is 42.9 Å². The van der Waals surface area contributed by atoms with Crippen molar-refractivity contribution in [3.05, 3.63) is 35.9 Å². The predicted octanol–water partition coefficient (Wildman–Crippen LogP) is 3.00. The van der Waals surface area contributed by atoms with E-state index >= 15 is 0 Å². The molecule has 3 N–H and O–H groups in total. The molecule has 13 heteroatoms. The van der Waals surface area contributed by atoms with Crippen molar-refractivity contribution in [1.82, 2.24) is 30.2 Å². The molecule has 3 rings (SSSR count). The summed E-state index contributed by atoms with van der Waals surface area (Å²) in [5, 5.41) is 16.1. The predicted molar refractivity (Wildman–Crippen MR) is 206 cm³/mol. The molecule has 13 nitrogen and oxygen atoms in total. The molecule has 9 atom stereocenters. The second kappa shape index (κ2) is 21.0. The zero-order chi connectivity index (χ0) is 39.4. The van der Waals surface area contributed by atoms with E-state index in [1.165, 1.54) is 0 Å². The van der Waals surface area contributed by atoms with E-state index in [2.05, 4.69) is 22.5 Å². The van der Waals surface area contributed by atoms with Crippen LogP contribution in [-0.4, -0.2) is 152 Å². The van der Waals surface area contributed by atoms with Crippen LogP contribution in [0.3, 0.4) is 0 Å². The van der Waals surface area contributed by atoms with E-state index in [0.29, 0.717) is 25.9 Å². The quantitative estimate of drug-likeness (QED) is 0.208. The highest BCUT2D eigenvalue weighted by Crippen LogP contribution is 2.30. The van der Waals surface area contributed by atoms with Crippen molar-refractivity contribution in [1.29, 1.82) is 0 Å². The summed E-state index contributed by atoms with van der Waals surface area (Å²) in [5.74, 6) is -1.36. The minimum absolute atomic E-state index is 0.0111. The molecule has 2 aliphatic heterocycles. The summed E-state index contributed by atoms with van der Waals surface area (Å²) >= 11 is 0. The number of carbonyl (C=O) groups is 4. The lowest BCUT2D eigenvalue weighted by Gasteiger charge is -2.42. The molecule has 0 saturated carbocycles. The van der Waals surface area contributed by atoms with Crippen LogP contribution in [0.5, 0.6) is 0 Å². The summed E-state index contributed by atoms with van der Waals surface area (Å²) in [4.78, 5) is 62.8. The third-order valence-electron chi connectivity index (χ3n) is 11.5. The zero-order valence-electron chi connectivity index (χ0n) is 33.9. The SMILES string of the molecule is CC[C@H](C)[C@@H]([C@@H](CC(=O)N1CCC[C@H]1[C@H](OC)[C@@H](C)C(=O)N[C@H](CO)Cc1ccccc1)OC)N(C)C(=O)[C@@H](NC(=O)N1CCN(C)C[C@@H]1C)C(C)C. The number of hydrogen-bond acceptors (Lipinski definition) is 8. The number of urea groups is 1. The number of piperazine rings is 1. The van der Waals surface area contributed by atoms with Gasteiger partial charge in [-0.25, -0.2) is 4.79 Å². The minimum Gasteiger partial charge on any atom is -0.394 e. The fourth-order valence-corrected chi connectivity index (χ4v) is 8.09. The van der Waals surface area contributed by atoms with Crippen LogP contribution in [0, 0.1) is 17.8 Å². The Morgan fingerprint density at radius 3 is 2.23 bits per heavy atom. The molecule has 0 aliphatic carbocycles. The molecule has 300 valence electrons. The summed E-state index contributed by atoms with van der Waals surface area (Å²) in [7, 11) is 6.91. The summed E-state index contributed by atoms with van der Waals surface area (Å²) < 4.78 is 12.0. The van der Waals surface area contributed by atoms with E-state index in [0.717, 1.165) is 31.5 Å². The molecular formula is C40H68N6O7. The van der Waals surface area contributed by atoms with Gasteiger partial charge in [-0.1, -0.05) is 71.4 Å². The Balaban J connectivity index is 1.74. The Labute approximate surface area is 318 Å². The van der Waals surface area contributed by atoms with Crippen molar-refractivity contribution in [2.75, 3.05) is 61.1 Å². The van der Waals surface area contributed by atoms with E-state index in [-0.39, 0.29) is 60.7 Å². The van der Waals surface area contributed by atoms with E-state index in [4.69, 9.17) is 9.47 Å². The molecular weight excluding hydrogens is 676 g/mol. The number of ether oxygens (including phenoxy) is 2. The fraction of sp³-hybridized carbons (Fsp3) is 0.750. The number of aliphatic hydroxyl groups is 1. The van der Waals surface area contributed by atoms with Gasteiger partial charge in [0.25, 0.3) is 0 Å². The van der Waals surface area contributed by atoms with Gasteiger partial charge in [0.15, 0.2) is 0 Å². The average Bonchev–Trinajstić information content (AvgIpc) is 3.62. The molecule has 2 saturated heterocycles. The lowest BCUT2D eigenvalue weighted by atomic mass is 9.89. The normalized spacial score (nSPS) is 22.0. The third-order valence-corrected chi connectivity index (χ3v) is 11.5. The number of nitrogens with one attached hydrogen (secondary N) is 2. The van der Waals surface area contributed by atoms with Gasteiger partial charge in [0, 0.05) is 53.5 Å². The largest absolute Gasteiger partial charge is 0.394 e. The first kappa shape index (κ1) is 44.1. The lowest BCUT2D eigenvalue weighted by Crippen LogP contribution is -2.61. The maximum atomic E-state index is 14.2. The lowest BCUT2D eigenvalue weighted by molar-refractivity contribution is -0.147. The number of carbonyl (C=O) groups excluding carboxylic acids is 4. The van der Waals surface area contributed by atoms with Crippen molar-refractivity contribution in [3.8, 4) is 0 Å². The molecule has 0 radical (unpaired) electrons. The van der Waals surface area contributed by atoms with Crippen LogP contribution >= 0.6 is 0 Å². The zero-order valence-corrected chi connectivity index (χ0v) is 33.9. The summed E-state index contributed by atoms with van der Waals surface area (Å²) in [6.07, 6.45) is 1.56. The first-order valence-electron chi connectivity index (χ1n) is 19.5. The second-order valence-electron chi connectivity index (χ2n) is 15.6. The molecule has 0 spiro atoms. The number of likely N-dealkylation sites (N-methyl/N-ethyl adjacent to an activating group) is 2. The Morgan fingerprint density at radius 1 is 0.981 bits per heavy atom.